The van der Waals surface area contributed by atoms with Gasteiger partial charge in [-0.15, -0.1) is 0 Å². The summed E-state index contributed by atoms with van der Waals surface area (Å²) in [6.07, 6.45) is 0. The van der Waals surface area contributed by atoms with Gasteiger partial charge in [0.2, 0.25) is 0 Å². The Bertz CT molecular complexity index is 759. The second kappa shape index (κ2) is 8.04. The Morgan fingerprint density at radius 1 is 0.962 bits per heavy atom. The van der Waals surface area contributed by atoms with Crippen molar-refractivity contribution in [2.45, 2.75) is 39.2 Å². The number of amides is 2. The fourth-order valence-electron chi connectivity index (χ4n) is 2.53. The predicted octanol–water partition coefficient (Wildman–Crippen LogP) is 4.65. The number of ether oxygens (including phenoxy) is 1. The summed E-state index contributed by atoms with van der Waals surface area (Å²) in [5.41, 5.74) is 3.43. The highest BCUT2D eigenvalue weighted by atomic mass is 16.5. The molecule has 0 fully saturated rings. The van der Waals surface area contributed by atoms with Gasteiger partial charge in [-0.05, 0) is 47.7 Å². The maximum Gasteiger partial charge on any atom is 0.337 e. The molecule has 0 radical (unpaired) electrons. The molecule has 0 bridgehead atoms. The molecular weight excluding hydrogens is 328 g/mol. The van der Waals surface area contributed by atoms with Gasteiger partial charge in [0.1, 0.15) is 0 Å². The molecule has 0 spiro atoms. The van der Waals surface area contributed by atoms with Crippen LogP contribution in [0.4, 0.5) is 10.5 Å². The fraction of sp³-hybridized carbons (Fsp3) is 0.333. The molecule has 0 aliphatic rings. The summed E-state index contributed by atoms with van der Waals surface area (Å²) >= 11 is 0. The largest absolute Gasteiger partial charge is 0.465 e. The molecule has 0 aliphatic carbocycles. The van der Waals surface area contributed by atoms with Crippen LogP contribution in [-0.2, 0) is 10.2 Å². The minimum Gasteiger partial charge on any atom is -0.465 e. The van der Waals surface area contributed by atoms with Gasteiger partial charge in [-0.3, -0.25) is 0 Å². The Morgan fingerprint density at radius 2 is 1.54 bits per heavy atom. The van der Waals surface area contributed by atoms with Crippen LogP contribution in [0.1, 0.15) is 55.2 Å². The van der Waals surface area contributed by atoms with E-state index in [1.807, 2.05) is 19.1 Å². The number of rotatable bonds is 4. The summed E-state index contributed by atoms with van der Waals surface area (Å²) in [4.78, 5) is 23.6. The first-order chi connectivity index (χ1) is 12.2. The highest BCUT2D eigenvalue weighted by molar-refractivity contribution is 5.92. The maximum atomic E-state index is 12.2. The highest BCUT2D eigenvalue weighted by Crippen LogP contribution is 2.24. The maximum absolute atomic E-state index is 12.2. The van der Waals surface area contributed by atoms with Crippen molar-refractivity contribution in [1.29, 1.82) is 0 Å². The first kappa shape index (κ1) is 19.5. The van der Waals surface area contributed by atoms with Gasteiger partial charge in [0.05, 0.1) is 18.7 Å². The Kier molecular flexibility index (Phi) is 6.03. The number of carbonyl (C=O) groups is 2. The van der Waals surface area contributed by atoms with Crippen molar-refractivity contribution < 1.29 is 14.3 Å². The van der Waals surface area contributed by atoms with Crippen LogP contribution in [0.15, 0.2) is 48.5 Å². The molecule has 0 saturated carbocycles. The first-order valence-electron chi connectivity index (χ1n) is 8.57. The number of hydrogen-bond donors (Lipinski definition) is 2. The molecule has 138 valence electrons. The predicted molar refractivity (Wildman–Crippen MR) is 103 cm³/mol. The third-order valence-electron chi connectivity index (χ3n) is 4.19. The molecule has 5 nitrogen and oxygen atoms in total. The lowest BCUT2D eigenvalue weighted by atomic mass is 9.86. The molecule has 5 heteroatoms. The van der Waals surface area contributed by atoms with Crippen LogP contribution in [0.3, 0.4) is 0 Å². The molecule has 0 aromatic heterocycles. The van der Waals surface area contributed by atoms with Crippen molar-refractivity contribution in [3.8, 4) is 0 Å². The summed E-state index contributed by atoms with van der Waals surface area (Å²) in [6, 6.07) is 14.4. The number of hydrogen-bond acceptors (Lipinski definition) is 3. The molecule has 0 unspecified atom stereocenters. The van der Waals surface area contributed by atoms with Crippen LogP contribution >= 0.6 is 0 Å². The zero-order valence-corrected chi connectivity index (χ0v) is 15.9. The average molecular weight is 354 g/mol. The average Bonchev–Trinajstić information content (AvgIpc) is 2.61. The van der Waals surface area contributed by atoms with E-state index in [-0.39, 0.29) is 17.5 Å². The molecule has 2 amide bonds. The molecule has 2 N–H and O–H groups in total. The van der Waals surface area contributed by atoms with Crippen molar-refractivity contribution in [3.63, 3.8) is 0 Å². The van der Waals surface area contributed by atoms with E-state index >= 15 is 0 Å². The van der Waals surface area contributed by atoms with Gasteiger partial charge >= 0.3 is 12.0 Å². The van der Waals surface area contributed by atoms with E-state index in [4.69, 9.17) is 0 Å². The molecule has 0 saturated heterocycles. The number of methoxy groups -OCH3 is 1. The topological polar surface area (TPSA) is 67.4 Å². The van der Waals surface area contributed by atoms with Gasteiger partial charge in [0.25, 0.3) is 0 Å². The zero-order valence-electron chi connectivity index (χ0n) is 15.9. The number of anilines is 1. The SMILES string of the molecule is COC(=O)c1ccc(NC(=O)N[C@H](C)c2ccc(C(C)(C)C)cc2)cc1. The molecule has 2 aromatic carbocycles. The quantitative estimate of drug-likeness (QED) is 0.785. The number of nitrogens with one attached hydrogen (secondary N) is 2. The Labute approximate surface area is 154 Å². The van der Waals surface area contributed by atoms with Crippen LogP contribution in [0, 0.1) is 0 Å². The lowest BCUT2D eigenvalue weighted by Gasteiger charge is -2.21. The van der Waals surface area contributed by atoms with E-state index in [1.165, 1.54) is 12.7 Å². The zero-order chi connectivity index (χ0) is 19.3. The third kappa shape index (κ3) is 5.09. The van der Waals surface area contributed by atoms with Crippen LogP contribution in [0.5, 0.6) is 0 Å². The minimum atomic E-state index is -0.409. The van der Waals surface area contributed by atoms with Gasteiger partial charge in [-0.2, -0.15) is 0 Å². The van der Waals surface area contributed by atoms with Crippen molar-refractivity contribution >= 4 is 17.7 Å². The smallest absolute Gasteiger partial charge is 0.337 e. The molecule has 0 heterocycles. The molecule has 2 rings (SSSR count). The summed E-state index contributed by atoms with van der Waals surface area (Å²) < 4.78 is 4.65. The Morgan fingerprint density at radius 3 is 2.04 bits per heavy atom. The standard InChI is InChI=1S/C21H26N2O3/c1-14(15-6-10-17(11-7-15)21(2,3)4)22-20(25)23-18-12-8-16(9-13-18)19(24)26-5/h6-14H,1-5H3,(H2,22,23,25)/t14-/m1/s1. The summed E-state index contributed by atoms with van der Waals surface area (Å²) in [6.45, 7) is 8.44. The Balaban J connectivity index is 1.95. The summed E-state index contributed by atoms with van der Waals surface area (Å²) in [5.74, 6) is -0.409. The Hall–Kier alpha value is -2.82. The van der Waals surface area contributed by atoms with E-state index < -0.39 is 5.97 Å². The van der Waals surface area contributed by atoms with Gasteiger partial charge in [0.15, 0.2) is 0 Å². The number of esters is 1. The summed E-state index contributed by atoms with van der Waals surface area (Å²) in [5, 5.41) is 5.67. The fourth-order valence-corrected chi connectivity index (χ4v) is 2.53. The molecular formula is C21H26N2O3. The van der Waals surface area contributed by atoms with E-state index in [1.54, 1.807) is 24.3 Å². The van der Waals surface area contributed by atoms with Gasteiger partial charge < -0.3 is 15.4 Å². The number of benzene rings is 2. The minimum absolute atomic E-state index is 0.100. The van der Waals surface area contributed by atoms with E-state index in [0.29, 0.717) is 11.3 Å². The van der Waals surface area contributed by atoms with Crippen molar-refractivity contribution in [3.05, 3.63) is 65.2 Å². The van der Waals surface area contributed by atoms with Crippen molar-refractivity contribution in [2.75, 3.05) is 12.4 Å². The van der Waals surface area contributed by atoms with E-state index in [2.05, 4.69) is 48.3 Å². The lowest BCUT2D eigenvalue weighted by Crippen LogP contribution is -2.31. The van der Waals surface area contributed by atoms with E-state index in [0.717, 1.165) is 5.56 Å². The van der Waals surface area contributed by atoms with Gasteiger partial charge in [-0.25, -0.2) is 9.59 Å². The van der Waals surface area contributed by atoms with Crippen LogP contribution in [0.2, 0.25) is 0 Å². The van der Waals surface area contributed by atoms with Crippen LogP contribution in [0.25, 0.3) is 0 Å². The normalized spacial score (nSPS) is 12.2. The third-order valence-corrected chi connectivity index (χ3v) is 4.19. The van der Waals surface area contributed by atoms with Crippen LogP contribution < -0.4 is 10.6 Å². The second-order valence-electron chi connectivity index (χ2n) is 7.26. The lowest BCUT2D eigenvalue weighted by molar-refractivity contribution is 0.0600. The van der Waals surface area contributed by atoms with Crippen LogP contribution in [-0.4, -0.2) is 19.1 Å². The summed E-state index contributed by atoms with van der Waals surface area (Å²) in [7, 11) is 1.33. The van der Waals surface area contributed by atoms with E-state index in [9.17, 15) is 9.59 Å². The molecule has 1 atom stereocenters. The monoisotopic (exact) mass is 354 g/mol. The molecule has 26 heavy (non-hydrogen) atoms. The van der Waals surface area contributed by atoms with Crippen molar-refractivity contribution in [1.82, 2.24) is 5.32 Å². The number of urea groups is 1. The highest BCUT2D eigenvalue weighted by Gasteiger charge is 2.15. The molecule has 0 aliphatic heterocycles. The van der Waals surface area contributed by atoms with Crippen molar-refractivity contribution in [2.24, 2.45) is 0 Å². The second-order valence-corrected chi connectivity index (χ2v) is 7.26. The van der Waals surface area contributed by atoms with Gasteiger partial charge in [0, 0.05) is 5.69 Å². The van der Waals surface area contributed by atoms with Gasteiger partial charge in [-0.1, -0.05) is 45.0 Å². The number of carbonyl (C=O) groups excluding carboxylic acids is 2. The first-order valence-corrected chi connectivity index (χ1v) is 8.57. The molecule has 2 aromatic rings.